The van der Waals surface area contributed by atoms with Crippen molar-refractivity contribution in [3.05, 3.63) is 35.9 Å². The predicted octanol–water partition coefficient (Wildman–Crippen LogP) is 2.95. The summed E-state index contributed by atoms with van der Waals surface area (Å²) in [6.45, 7) is 7.16. The molecule has 2 nitrogen and oxygen atoms in total. The van der Waals surface area contributed by atoms with Crippen LogP contribution in [0.4, 0.5) is 0 Å². The zero-order valence-corrected chi connectivity index (χ0v) is 13.3. The van der Waals surface area contributed by atoms with Gasteiger partial charge in [-0.15, -0.1) is 0 Å². The summed E-state index contributed by atoms with van der Waals surface area (Å²) in [5, 5.41) is 3.78. The van der Waals surface area contributed by atoms with E-state index in [4.69, 9.17) is 0 Å². The van der Waals surface area contributed by atoms with Crippen molar-refractivity contribution >= 4 is 11.8 Å². The Balaban J connectivity index is 1.71. The lowest BCUT2D eigenvalue weighted by molar-refractivity contribution is 0.198. The lowest BCUT2D eigenvalue weighted by Crippen LogP contribution is -2.47. The van der Waals surface area contributed by atoms with Crippen LogP contribution in [0.15, 0.2) is 30.3 Å². The Labute approximate surface area is 127 Å². The van der Waals surface area contributed by atoms with Gasteiger partial charge in [-0.2, -0.15) is 11.8 Å². The maximum absolute atomic E-state index is 3.78. The topological polar surface area (TPSA) is 15.3 Å². The largest absolute Gasteiger partial charge is 0.307 e. The third-order valence-electron chi connectivity index (χ3n) is 4.66. The zero-order chi connectivity index (χ0) is 13.8. The van der Waals surface area contributed by atoms with Gasteiger partial charge in [0.2, 0.25) is 0 Å². The number of hydrogen-bond acceptors (Lipinski definition) is 3. The average Bonchev–Trinajstić information content (AvgIpc) is 2.90. The average molecular weight is 290 g/mol. The minimum Gasteiger partial charge on any atom is -0.307 e. The molecule has 1 N–H and O–H groups in total. The second-order valence-corrected chi connectivity index (χ2v) is 7.59. The number of nitrogens with zero attached hydrogens (tertiary/aromatic N) is 1. The van der Waals surface area contributed by atoms with Crippen LogP contribution in [0, 0.1) is 5.92 Å². The second kappa shape index (κ2) is 6.50. The predicted molar refractivity (Wildman–Crippen MR) is 88.3 cm³/mol. The molecule has 2 fully saturated rings. The first-order chi connectivity index (χ1) is 9.76. The maximum atomic E-state index is 3.78. The van der Waals surface area contributed by atoms with Crippen molar-refractivity contribution in [2.75, 3.05) is 37.7 Å². The van der Waals surface area contributed by atoms with E-state index >= 15 is 0 Å². The normalized spacial score (nSPS) is 32.1. The molecule has 0 saturated carbocycles. The molecule has 0 spiro atoms. The minimum absolute atomic E-state index is 0.101. The summed E-state index contributed by atoms with van der Waals surface area (Å²) < 4.78 is 0. The van der Waals surface area contributed by atoms with E-state index in [0.717, 1.165) is 19.0 Å². The van der Waals surface area contributed by atoms with E-state index in [2.05, 4.69) is 59.2 Å². The summed E-state index contributed by atoms with van der Waals surface area (Å²) in [6, 6.07) is 11.0. The van der Waals surface area contributed by atoms with E-state index in [1.54, 1.807) is 0 Å². The van der Waals surface area contributed by atoms with Crippen LogP contribution in [0.1, 0.15) is 25.3 Å². The van der Waals surface area contributed by atoms with Crippen LogP contribution < -0.4 is 5.32 Å². The molecule has 3 rings (SSSR count). The molecule has 0 aromatic heterocycles. The summed E-state index contributed by atoms with van der Waals surface area (Å²) >= 11 is 2.13. The van der Waals surface area contributed by atoms with Crippen LogP contribution in [-0.2, 0) is 5.54 Å². The van der Waals surface area contributed by atoms with Gasteiger partial charge in [-0.05, 0) is 55.8 Å². The fraction of sp³-hybridized carbons (Fsp3) is 0.647. The van der Waals surface area contributed by atoms with Crippen molar-refractivity contribution in [3.63, 3.8) is 0 Å². The van der Waals surface area contributed by atoms with Crippen LogP contribution in [0.5, 0.6) is 0 Å². The molecule has 3 heteroatoms. The Hall–Kier alpha value is -0.510. The summed E-state index contributed by atoms with van der Waals surface area (Å²) in [5.41, 5.74) is 1.52. The van der Waals surface area contributed by atoms with Gasteiger partial charge >= 0.3 is 0 Å². The molecule has 2 saturated heterocycles. The van der Waals surface area contributed by atoms with Gasteiger partial charge in [0.05, 0.1) is 5.54 Å². The summed E-state index contributed by atoms with van der Waals surface area (Å²) in [5.74, 6) is 3.65. The van der Waals surface area contributed by atoms with E-state index in [9.17, 15) is 0 Å². The van der Waals surface area contributed by atoms with Gasteiger partial charge in [0, 0.05) is 13.1 Å². The molecule has 2 aliphatic rings. The van der Waals surface area contributed by atoms with Gasteiger partial charge in [-0.25, -0.2) is 0 Å². The monoisotopic (exact) mass is 290 g/mol. The molecular formula is C17H26N2S. The molecule has 0 aliphatic carbocycles. The molecule has 0 bridgehead atoms. The Bertz CT molecular complexity index is 416. The SMILES string of the molecule is CC1(c2ccccc2)CN(CC2CCSC2)CCCN1. The highest BCUT2D eigenvalue weighted by atomic mass is 32.2. The maximum Gasteiger partial charge on any atom is 0.0534 e. The summed E-state index contributed by atoms with van der Waals surface area (Å²) in [7, 11) is 0. The van der Waals surface area contributed by atoms with Crippen LogP contribution >= 0.6 is 11.8 Å². The van der Waals surface area contributed by atoms with Crippen LogP contribution in [0.2, 0.25) is 0 Å². The zero-order valence-electron chi connectivity index (χ0n) is 12.5. The van der Waals surface area contributed by atoms with Gasteiger partial charge in [0.15, 0.2) is 0 Å². The first-order valence-electron chi connectivity index (χ1n) is 7.87. The third-order valence-corrected chi connectivity index (χ3v) is 5.89. The van der Waals surface area contributed by atoms with Crippen molar-refractivity contribution in [1.29, 1.82) is 0 Å². The lowest BCUT2D eigenvalue weighted by atomic mass is 9.91. The fourth-order valence-corrected chi connectivity index (χ4v) is 4.77. The van der Waals surface area contributed by atoms with Gasteiger partial charge in [0.1, 0.15) is 0 Å². The van der Waals surface area contributed by atoms with Crippen molar-refractivity contribution in [2.45, 2.75) is 25.3 Å². The number of hydrogen-bond donors (Lipinski definition) is 1. The Kier molecular flexibility index (Phi) is 4.69. The van der Waals surface area contributed by atoms with E-state index in [0.29, 0.717) is 0 Å². The standard InChI is InChI=1S/C17H26N2S/c1-17(16-6-3-2-4-7-16)14-19(10-5-9-18-17)12-15-8-11-20-13-15/h2-4,6-7,15,18H,5,8-14H2,1H3. The van der Waals surface area contributed by atoms with Crippen molar-refractivity contribution < 1.29 is 0 Å². The fourth-order valence-electron chi connectivity index (χ4n) is 3.50. The highest BCUT2D eigenvalue weighted by molar-refractivity contribution is 7.99. The first kappa shape index (κ1) is 14.4. The van der Waals surface area contributed by atoms with Crippen molar-refractivity contribution in [3.8, 4) is 0 Å². The molecule has 110 valence electrons. The molecule has 20 heavy (non-hydrogen) atoms. The van der Waals surface area contributed by atoms with Gasteiger partial charge in [0.25, 0.3) is 0 Å². The molecule has 2 aliphatic heterocycles. The summed E-state index contributed by atoms with van der Waals surface area (Å²) in [6.07, 6.45) is 2.68. The van der Waals surface area contributed by atoms with Crippen LogP contribution in [0.25, 0.3) is 0 Å². The Morgan fingerprint density at radius 2 is 2.20 bits per heavy atom. The van der Waals surface area contributed by atoms with Crippen molar-refractivity contribution in [1.82, 2.24) is 10.2 Å². The van der Waals surface area contributed by atoms with Gasteiger partial charge < -0.3 is 10.2 Å². The van der Waals surface area contributed by atoms with Crippen molar-refractivity contribution in [2.24, 2.45) is 5.92 Å². The van der Waals surface area contributed by atoms with Crippen LogP contribution in [-0.4, -0.2) is 42.6 Å². The molecule has 0 amide bonds. The number of rotatable bonds is 3. The van der Waals surface area contributed by atoms with E-state index < -0.39 is 0 Å². The molecule has 2 atom stereocenters. The third kappa shape index (κ3) is 3.38. The van der Waals surface area contributed by atoms with Crippen LogP contribution in [0.3, 0.4) is 0 Å². The van der Waals surface area contributed by atoms with Gasteiger partial charge in [-0.3, -0.25) is 0 Å². The Morgan fingerprint density at radius 1 is 1.35 bits per heavy atom. The quantitative estimate of drug-likeness (QED) is 0.921. The number of nitrogens with one attached hydrogen (secondary N) is 1. The van der Waals surface area contributed by atoms with Gasteiger partial charge in [-0.1, -0.05) is 30.3 Å². The second-order valence-electron chi connectivity index (χ2n) is 6.44. The lowest BCUT2D eigenvalue weighted by Gasteiger charge is -2.35. The highest BCUT2D eigenvalue weighted by Crippen LogP contribution is 2.28. The first-order valence-corrected chi connectivity index (χ1v) is 9.02. The van der Waals surface area contributed by atoms with E-state index in [1.807, 2.05) is 0 Å². The highest BCUT2D eigenvalue weighted by Gasteiger charge is 2.31. The smallest absolute Gasteiger partial charge is 0.0534 e. The minimum atomic E-state index is 0.101. The van der Waals surface area contributed by atoms with E-state index in [-0.39, 0.29) is 5.54 Å². The number of benzene rings is 1. The number of thioether (sulfide) groups is 1. The Morgan fingerprint density at radius 3 is 2.95 bits per heavy atom. The van der Waals surface area contributed by atoms with E-state index in [1.165, 1.54) is 43.0 Å². The molecule has 2 heterocycles. The molecule has 0 radical (unpaired) electrons. The molecule has 1 aromatic carbocycles. The summed E-state index contributed by atoms with van der Waals surface area (Å²) in [4.78, 5) is 2.70. The molecule has 1 aromatic rings. The molecular weight excluding hydrogens is 264 g/mol. The molecule has 2 unspecified atom stereocenters.